The molecule has 1 atom stereocenters. The van der Waals surface area contributed by atoms with Crippen molar-refractivity contribution in [1.29, 1.82) is 0 Å². The molecule has 0 fully saturated rings. The van der Waals surface area contributed by atoms with Gasteiger partial charge < -0.3 is 5.11 Å². The third kappa shape index (κ3) is 0.987. The zero-order valence-electron chi connectivity index (χ0n) is 6.81. The predicted molar refractivity (Wildman–Crippen MR) is 46.7 cm³/mol. The highest BCUT2D eigenvalue weighted by Gasteiger charge is 2.04. The van der Waals surface area contributed by atoms with Gasteiger partial charge in [-0.2, -0.15) is 5.10 Å². The minimum Gasteiger partial charge on any atom is -0.372 e. The Balaban J connectivity index is 2.70. The van der Waals surface area contributed by atoms with E-state index in [2.05, 4.69) is 5.10 Å². The topological polar surface area (TPSA) is 38.0 Å². The van der Waals surface area contributed by atoms with Crippen LogP contribution in [0, 0.1) is 0 Å². The molecule has 62 valence electrons. The fourth-order valence-electron chi connectivity index (χ4n) is 1.29. The quantitative estimate of drug-likeness (QED) is 0.690. The summed E-state index contributed by atoms with van der Waals surface area (Å²) in [4.78, 5) is 0. The molecule has 3 nitrogen and oxygen atoms in total. The van der Waals surface area contributed by atoms with Crippen LogP contribution < -0.4 is 0 Å². The normalized spacial score (nSPS) is 13.5. The molecule has 2 rings (SSSR count). The highest BCUT2D eigenvalue weighted by atomic mass is 16.3. The van der Waals surface area contributed by atoms with Gasteiger partial charge in [0.25, 0.3) is 0 Å². The Morgan fingerprint density at radius 2 is 2.17 bits per heavy atom. The average Bonchev–Trinajstić information content (AvgIpc) is 2.47. The number of aliphatic hydroxyl groups is 1. The van der Waals surface area contributed by atoms with E-state index in [-0.39, 0.29) is 0 Å². The molecule has 1 aromatic carbocycles. The van der Waals surface area contributed by atoms with E-state index >= 15 is 0 Å². The van der Waals surface area contributed by atoms with Crippen molar-refractivity contribution in [3.8, 4) is 0 Å². The van der Waals surface area contributed by atoms with Crippen molar-refractivity contribution in [3.63, 3.8) is 0 Å². The summed E-state index contributed by atoms with van der Waals surface area (Å²) in [6.07, 6.45) is 1.19. The van der Waals surface area contributed by atoms with Crippen LogP contribution in [-0.2, 0) is 0 Å². The van der Waals surface area contributed by atoms with Gasteiger partial charge in [-0.15, -0.1) is 0 Å². The standard InChI is InChI=1S/C9H10N2O/c1-7(12)11-9-5-3-2-4-8(9)6-10-11/h2-7,12H,1H3. The van der Waals surface area contributed by atoms with Crippen molar-refractivity contribution < 1.29 is 5.11 Å². The van der Waals surface area contributed by atoms with E-state index in [0.29, 0.717) is 0 Å². The summed E-state index contributed by atoms with van der Waals surface area (Å²) >= 11 is 0. The van der Waals surface area contributed by atoms with Gasteiger partial charge in [0.15, 0.2) is 0 Å². The van der Waals surface area contributed by atoms with E-state index in [1.165, 1.54) is 0 Å². The molecule has 3 heteroatoms. The number of rotatable bonds is 1. The summed E-state index contributed by atoms with van der Waals surface area (Å²) in [5, 5.41) is 14.4. The SMILES string of the molecule is CC(O)n1ncc2ccccc21. The highest BCUT2D eigenvalue weighted by Crippen LogP contribution is 2.15. The van der Waals surface area contributed by atoms with E-state index in [4.69, 9.17) is 0 Å². The molecule has 2 aromatic rings. The maximum Gasteiger partial charge on any atom is 0.144 e. The number of hydrogen-bond donors (Lipinski definition) is 1. The first-order chi connectivity index (χ1) is 5.79. The van der Waals surface area contributed by atoms with Gasteiger partial charge >= 0.3 is 0 Å². The van der Waals surface area contributed by atoms with Crippen LogP contribution in [-0.4, -0.2) is 14.9 Å². The zero-order chi connectivity index (χ0) is 8.55. The summed E-state index contributed by atoms with van der Waals surface area (Å²) in [7, 11) is 0. The van der Waals surface area contributed by atoms with Crippen molar-refractivity contribution in [2.24, 2.45) is 0 Å². The van der Waals surface area contributed by atoms with Gasteiger partial charge in [-0.3, -0.25) is 0 Å². The van der Waals surface area contributed by atoms with Gasteiger partial charge in [0.05, 0.1) is 11.7 Å². The fourth-order valence-corrected chi connectivity index (χ4v) is 1.29. The largest absolute Gasteiger partial charge is 0.372 e. The average molecular weight is 162 g/mol. The second-order valence-corrected chi connectivity index (χ2v) is 2.78. The van der Waals surface area contributed by atoms with Crippen LogP contribution in [0.25, 0.3) is 10.9 Å². The van der Waals surface area contributed by atoms with Crippen molar-refractivity contribution in [1.82, 2.24) is 9.78 Å². The molecule has 0 aliphatic heterocycles. The Bertz CT molecular complexity index is 392. The summed E-state index contributed by atoms with van der Waals surface area (Å²) in [5.41, 5.74) is 0.965. The van der Waals surface area contributed by atoms with E-state index in [1.807, 2.05) is 24.3 Å². The van der Waals surface area contributed by atoms with Crippen molar-refractivity contribution in [3.05, 3.63) is 30.5 Å². The Morgan fingerprint density at radius 3 is 2.92 bits per heavy atom. The van der Waals surface area contributed by atoms with Gasteiger partial charge in [0, 0.05) is 5.39 Å². The Morgan fingerprint density at radius 1 is 1.42 bits per heavy atom. The van der Waals surface area contributed by atoms with Crippen LogP contribution >= 0.6 is 0 Å². The summed E-state index contributed by atoms with van der Waals surface area (Å²) in [6.45, 7) is 1.69. The third-order valence-electron chi connectivity index (χ3n) is 1.86. The second-order valence-electron chi connectivity index (χ2n) is 2.78. The van der Waals surface area contributed by atoms with Crippen molar-refractivity contribution in [2.45, 2.75) is 13.2 Å². The van der Waals surface area contributed by atoms with Gasteiger partial charge in [-0.05, 0) is 13.0 Å². The smallest absolute Gasteiger partial charge is 0.144 e. The lowest BCUT2D eigenvalue weighted by Gasteiger charge is -2.04. The van der Waals surface area contributed by atoms with E-state index in [9.17, 15) is 5.11 Å². The number of aliphatic hydroxyl groups excluding tert-OH is 1. The fraction of sp³-hybridized carbons (Fsp3) is 0.222. The minimum absolute atomic E-state index is 0.565. The number of nitrogens with zero attached hydrogens (tertiary/aromatic N) is 2. The van der Waals surface area contributed by atoms with Gasteiger partial charge in [0.1, 0.15) is 6.23 Å². The zero-order valence-corrected chi connectivity index (χ0v) is 6.81. The van der Waals surface area contributed by atoms with Crippen LogP contribution in [0.4, 0.5) is 0 Å². The Kier molecular flexibility index (Phi) is 1.59. The third-order valence-corrected chi connectivity index (χ3v) is 1.86. The molecule has 0 saturated heterocycles. The molecular formula is C9H10N2O. The molecule has 0 aliphatic carbocycles. The first-order valence-electron chi connectivity index (χ1n) is 3.89. The van der Waals surface area contributed by atoms with E-state index in [1.54, 1.807) is 17.8 Å². The monoisotopic (exact) mass is 162 g/mol. The number of aromatic nitrogens is 2. The minimum atomic E-state index is -0.565. The van der Waals surface area contributed by atoms with Gasteiger partial charge in [-0.25, -0.2) is 4.68 Å². The van der Waals surface area contributed by atoms with Crippen LogP contribution in [0.15, 0.2) is 30.5 Å². The molecule has 0 spiro atoms. The molecule has 0 saturated carbocycles. The molecule has 1 N–H and O–H groups in total. The van der Waals surface area contributed by atoms with E-state index in [0.717, 1.165) is 10.9 Å². The summed E-state index contributed by atoms with van der Waals surface area (Å²) in [6, 6.07) is 7.80. The first-order valence-corrected chi connectivity index (χ1v) is 3.89. The number of hydrogen-bond acceptors (Lipinski definition) is 2. The maximum absolute atomic E-state index is 9.31. The first kappa shape index (κ1) is 7.31. The number of fused-ring (bicyclic) bond motifs is 1. The summed E-state index contributed by atoms with van der Waals surface area (Å²) in [5.74, 6) is 0. The van der Waals surface area contributed by atoms with Gasteiger partial charge in [-0.1, -0.05) is 18.2 Å². The maximum atomic E-state index is 9.31. The molecule has 12 heavy (non-hydrogen) atoms. The Labute approximate surface area is 70.2 Å². The number of benzene rings is 1. The molecule has 0 aliphatic rings. The van der Waals surface area contributed by atoms with Gasteiger partial charge in [0.2, 0.25) is 0 Å². The molecule has 0 amide bonds. The Hall–Kier alpha value is -1.35. The lowest BCUT2D eigenvalue weighted by molar-refractivity contribution is 0.115. The molecule has 0 radical (unpaired) electrons. The second kappa shape index (κ2) is 2.60. The van der Waals surface area contributed by atoms with Crippen LogP contribution in [0.1, 0.15) is 13.2 Å². The lowest BCUT2D eigenvalue weighted by atomic mass is 10.2. The molecule has 1 aromatic heterocycles. The molecule has 1 heterocycles. The lowest BCUT2D eigenvalue weighted by Crippen LogP contribution is -2.04. The van der Waals surface area contributed by atoms with E-state index < -0.39 is 6.23 Å². The van der Waals surface area contributed by atoms with Crippen LogP contribution in [0.3, 0.4) is 0 Å². The highest BCUT2D eigenvalue weighted by molar-refractivity contribution is 5.78. The van der Waals surface area contributed by atoms with Crippen LogP contribution in [0.5, 0.6) is 0 Å². The summed E-state index contributed by atoms with van der Waals surface area (Å²) < 4.78 is 1.59. The number of para-hydroxylation sites is 1. The predicted octanol–water partition coefficient (Wildman–Crippen LogP) is 1.55. The van der Waals surface area contributed by atoms with Crippen LogP contribution in [0.2, 0.25) is 0 Å². The molecule has 0 bridgehead atoms. The van der Waals surface area contributed by atoms with Crippen molar-refractivity contribution in [2.75, 3.05) is 0 Å². The van der Waals surface area contributed by atoms with Crippen molar-refractivity contribution >= 4 is 10.9 Å². The molecule has 1 unspecified atom stereocenters. The molecular weight excluding hydrogens is 152 g/mol.